The summed E-state index contributed by atoms with van der Waals surface area (Å²) in [5, 5.41) is 0. The lowest BCUT2D eigenvalue weighted by Crippen LogP contribution is -2.17. The summed E-state index contributed by atoms with van der Waals surface area (Å²) in [6.45, 7) is 5.99. The summed E-state index contributed by atoms with van der Waals surface area (Å²) < 4.78 is 27.3. The minimum atomic E-state index is -2.76. The fourth-order valence-corrected chi connectivity index (χ4v) is 2.24. The van der Waals surface area contributed by atoms with Crippen LogP contribution in [0.4, 0.5) is 8.78 Å². The Kier molecular flexibility index (Phi) is 2.11. The van der Waals surface area contributed by atoms with Crippen LogP contribution in [0, 0.1) is 5.41 Å². The van der Waals surface area contributed by atoms with E-state index in [1.807, 2.05) is 20.8 Å². The maximum atomic E-state index is 13.7. The Balaban J connectivity index is 2.52. The van der Waals surface area contributed by atoms with Crippen molar-refractivity contribution in [2.45, 2.75) is 39.0 Å². The number of alkyl halides is 2. The molecule has 0 saturated carbocycles. The molecule has 0 aromatic carbocycles. The van der Waals surface area contributed by atoms with E-state index in [1.54, 1.807) is 12.1 Å². The second-order valence-electron chi connectivity index (χ2n) is 5.27. The van der Waals surface area contributed by atoms with Gasteiger partial charge in [0.2, 0.25) is 0 Å². The van der Waals surface area contributed by atoms with E-state index in [0.717, 1.165) is 5.56 Å². The van der Waals surface area contributed by atoms with Gasteiger partial charge in [0.1, 0.15) is 5.69 Å². The number of halogens is 2. The van der Waals surface area contributed by atoms with Crippen LogP contribution < -0.4 is 0 Å². The van der Waals surface area contributed by atoms with Crippen LogP contribution in [0.1, 0.15) is 44.4 Å². The molecule has 1 aliphatic rings. The van der Waals surface area contributed by atoms with Gasteiger partial charge in [-0.15, -0.1) is 0 Å². The Labute approximate surface area is 88.5 Å². The first-order valence-corrected chi connectivity index (χ1v) is 5.15. The van der Waals surface area contributed by atoms with Crippen molar-refractivity contribution in [3.8, 4) is 0 Å². The molecular weight excluding hydrogens is 196 g/mol. The molecule has 82 valence electrons. The Morgan fingerprint density at radius 1 is 1.40 bits per heavy atom. The topological polar surface area (TPSA) is 12.9 Å². The van der Waals surface area contributed by atoms with Crippen molar-refractivity contribution in [2.75, 3.05) is 0 Å². The van der Waals surface area contributed by atoms with E-state index in [9.17, 15) is 8.78 Å². The second-order valence-corrected chi connectivity index (χ2v) is 5.27. The monoisotopic (exact) mass is 211 g/mol. The van der Waals surface area contributed by atoms with E-state index in [1.165, 1.54) is 6.20 Å². The van der Waals surface area contributed by atoms with Crippen LogP contribution in [0.2, 0.25) is 0 Å². The number of pyridine rings is 1. The highest BCUT2D eigenvalue weighted by Crippen LogP contribution is 2.53. The number of fused-ring (bicyclic) bond motifs is 1. The van der Waals surface area contributed by atoms with Gasteiger partial charge >= 0.3 is 0 Å². The molecule has 0 N–H and O–H groups in total. The Bertz CT molecular complexity index is 379. The Morgan fingerprint density at radius 3 is 2.67 bits per heavy atom. The van der Waals surface area contributed by atoms with Crippen molar-refractivity contribution in [2.24, 2.45) is 5.41 Å². The molecule has 1 nitrogen and oxygen atoms in total. The molecule has 3 heteroatoms. The van der Waals surface area contributed by atoms with Crippen LogP contribution in [0.5, 0.6) is 0 Å². The molecule has 1 aliphatic carbocycles. The molecule has 1 aromatic rings. The van der Waals surface area contributed by atoms with E-state index in [-0.39, 0.29) is 23.4 Å². The van der Waals surface area contributed by atoms with E-state index >= 15 is 0 Å². The third kappa shape index (κ3) is 1.64. The van der Waals surface area contributed by atoms with Crippen LogP contribution in [0.15, 0.2) is 18.3 Å². The fraction of sp³-hybridized carbons (Fsp3) is 0.583. The molecule has 1 unspecified atom stereocenters. The maximum absolute atomic E-state index is 13.7. The van der Waals surface area contributed by atoms with Crippen LogP contribution >= 0.6 is 0 Å². The van der Waals surface area contributed by atoms with Gasteiger partial charge < -0.3 is 0 Å². The Morgan fingerprint density at radius 2 is 2.07 bits per heavy atom. The number of nitrogens with zero attached hydrogens (tertiary/aromatic N) is 1. The molecule has 1 atom stereocenters. The zero-order valence-corrected chi connectivity index (χ0v) is 9.22. The molecule has 0 amide bonds. The van der Waals surface area contributed by atoms with Crippen LogP contribution in [-0.4, -0.2) is 4.98 Å². The number of hydrogen-bond donors (Lipinski definition) is 0. The summed E-state index contributed by atoms with van der Waals surface area (Å²) in [5.41, 5.74) is 0.553. The zero-order chi connectivity index (χ0) is 11.3. The minimum Gasteiger partial charge on any atom is -0.255 e. The standard InChI is InChI=1S/C12H15F2N/c1-11(2,3)9-7-12(13,14)10-8(9)5-4-6-15-10/h4-6,9H,7H2,1-3H3. The molecule has 15 heavy (non-hydrogen) atoms. The SMILES string of the molecule is CC(C)(C)C1CC(F)(F)c2ncccc21. The molecule has 0 saturated heterocycles. The van der Waals surface area contributed by atoms with E-state index < -0.39 is 5.92 Å². The summed E-state index contributed by atoms with van der Waals surface area (Å²) in [7, 11) is 0. The quantitative estimate of drug-likeness (QED) is 0.637. The lowest BCUT2D eigenvalue weighted by molar-refractivity contribution is -0.0179. The second kappa shape index (κ2) is 3.00. The molecule has 2 rings (SSSR count). The fourth-order valence-electron chi connectivity index (χ4n) is 2.24. The molecular formula is C12H15F2N. The largest absolute Gasteiger partial charge is 0.290 e. The van der Waals surface area contributed by atoms with E-state index in [0.29, 0.717) is 0 Å². The van der Waals surface area contributed by atoms with Gasteiger partial charge in [0.25, 0.3) is 5.92 Å². The van der Waals surface area contributed by atoms with Gasteiger partial charge in [0.05, 0.1) is 0 Å². The third-order valence-corrected chi connectivity index (χ3v) is 3.07. The molecule has 1 heterocycles. The van der Waals surface area contributed by atoms with Crippen molar-refractivity contribution in [3.05, 3.63) is 29.6 Å². The van der Waals surface area contributed by atoms with Crippen molar-refractivity contribution in [3.63, 3.8) is 0 Å². The summed E-state index contributed by atoms with van der Waals surface area (Å²) in [4.78, 5) is 3.83. The molecule has 0 fully saturated rings. The Hall–Kier alpha value is -0.990. The summed E-state index contributed by atoms with van der Waals surface area (Å²) >= 11 is 0. The molecule has 0 spiro atoms. The number of rotatable bonds is 0. The van der Waals surface area contributed by atoms with Crippen LogP contribution in [-0.2, 0) is 5.92 Å². The van der Waals surface area contributed by atoms with Gasteiger partial charge in [0.15, 0.2) is 0 Å². The normalized spacial score (nSPS) is 23.9. The number of aromatic nitrogens is 1. The van der Waals surface area contributed by atoms with Crippen LogP contribution in [0.3, 0.4) is 0 Å². The van der Waals surface area contributed by atoms with Gasteiger partial charge in [-0.2, -0.15) is 8.78 Å². The predicted octanol–water partition coefficient (Wildman–Crippen LogP) is 3.71. The average molecular weight is 211 g/mol. The maximum Gasteiger partial charge on any atom is 0.290 e. The van der Waals surface area contributed by atoms with Gasteiger partial charge in [-0.05, 0) is 23.0 Å². The lowest BCUT2D eigenvalue weighted by atomic mass is 9.77. The molecule has 0 bridgehead atoms. The minimum absolute atomic E-state index is 0.0232. The summed E-state index contributed by atoms with van der Waals surface area (Å²) in [5.74, 6) is -2.86. The van der Waals surface area contributed by atoms with Crippen molar-refractivity contribution in [1.82, 2.24) is 4.98 Å². The average Bonchev–Trinajstić information content (AvgIpc) is 2.39. The van der Waals surface area contributed by atoms with Crippen molar-refractivity contribution < 1.29 is 8.78 Å². The van der Waals surface area contributed by atoms with Gasteiger partial charge in [-0.1, -0.05) is 26.8 Å². The van der Waals surface area contributed by atoms with Crippen molar-refractivity contribution in [1.29, 1.82) is 0 Å². The molecule has 0 aliphatic heterocycles. The first-order valence-electron chi connectivity index (χ1n) is 5.15. The third-order valence-electron chi connectivity index (χ3n) is 3.07. The summed E-state index contributed by atoms with van der Waals surface area (Å²) in [6.07, 6.45) is 1.33. The first kappa shape index (κ1) is 10.5. The zero-order valence-electron chi connectivity index (χ0n) is 9.22. The molecule has 1 aromatic heterocycles. The van der Waals surface area contributed by atoms with E-state index in [2.05, 4.69) is 4.98 Å². The highest BCUT2D eigenvalue weighted by molar-refractivity contribution is 5.34. The van der Waals surface area contributed by atoms with Crippen LogP contribution in [0.25, 0.3) is 0 Å². The lowest BCUT2D eigenvalue weighted by Gasteiger charge is -2.27. The highest BCUT2D eigenvalue weighted by Gasteiger charge is 2.49. The molecule has 0 radical (unpaired) electrons. The number of hydrogen-bond acceptors (Lipinski definition) is 1. The first-order chi connectivity index (χ1) is 6.82. The predicted molar refractivity (Wildman–Crippen MR) is 54.9 cm³/mol. The van der Waals surface area contributed by atoms with Gasteiger partial charge in [-0.3, -0.25) is 4.98 Å². The van der Waals surface area contributed by atoms with Gasteiger partial charge in [0, 0.05) is 12.6 Å². The van der Waals surface area contributed by atoms with Gasteiger partial charge in [-0.25, -0.2) is 0 Å². The highest BCUT2D eigenvalue weighted by atomic mass is 19.3. The van der Waals surface area contributed by atoms with E-state index in [4.69, 9.17) is 0 Å². The summed E-state index contributed by atoms with van der Waals surface area (Å²) in [6, 6.07) is 3.51. The van der Waals surface area contributed by atoms with Crippen molar-refractivity contribution >= 4 is 0 Å². The smallest absolute Gasteiger partial charge is 0.255 e.